The van der Waals surface area contributed by atoms with Gasteiger partial charge in [-0.05, 0) is 12.8 Å². The second-order valence-electron chi connectivity index (χ2n) is 3.88. The molecule has 0 fully saturated rings. The van der Waals surface area contributed by atoms with E-state index in [1.807, 2.05) is 6.92 Å². The number of nitrogens with one attached hydrogen (secondary N) is 2. The Hall–Kier alpha value is -1.18. The molecule has 0 aromatic rings. The van der Waals surface area contributed by atoms with Gasteiger partial charge < -0.3 is 20.6 Å². The van der Waals surface area contributed by atoms with Crippen molar-refractivity contribution >= 4 is 11.9 Å². The molecule has 0 bridgehead atoms. The smallest absolute Gasteiger partial charge is 0.317 e. The van der Waals surface area contributed by atoms with Gasteiger partial charge in [0.25, 0.3) is 0 Å². The summed E-state index contributed by atoms with van der Waals surface area (Å²) in [5, 5.41) is 32.1. The van der Waals surface area contributed by atoms with Gasteiger partial charge in [-0.2, -0.15) is 0 Å². The zero-order valence-electron chi connectivity index (χ0n) is 9.90. The van der Waals surface area contributed by atoms with Crippen LogP contribution in [0, 0.1) is 0 Å². The zero-order chi connectivity index (χ0) is 13.3. The van der Waals surface area contributed by atoms with Gasteiger partial charge in [-0.25, -0.2) is 0 Å². The van der Waals surface area contributed by atoms with E-state index in [1.165, 1.54) is 0 Å². The molecule has 100 valence electrons. The highest BCUT2D eigenvalue weighted by molar-refractivity contribution is 5.69. The number of carbonyl (C=O) groups is 2. The molecule has 0 aliphatic heterocycles. The van der Waals surface area contributed by atoms with Crippen LogP contribution in [0.25, 0.3) is 0 Å². The number of unbranched alkanes of at least 4 members (excludes halogenated alkanes) is 1. The van der Waals surface area contributed by atoms with Gasteiger partial charge in [-0.15, -0.1) is 0 Å². The Morgan fingerprint density at radius 3 is 2.24 bits per heavy atom. The van der Waals surface area contributed by atoms with Gasteiger partial charge in [0.2, 0.25) is 0 Å². The van der Waals surface area contributed by atoms with Crippen molar-refractivity contribution in [3.63, 3.8) is 0 Å². The second-order valence-corrected chi connectivity index (χ2v) is 3.88. The molecule has 0 aromatic heterocycles. The quantitative estimate of drug-likeness (QED) is 0.321. The lowest BCUT2D eigenvalue weighted by Gasteiger charge is -2.29. The van der Waals surface area contributed by atoms with Gasteiger partial charge >= 0.3 is 11.9 Å². The molecule has 0 heterocycles. The Bertz CT molecular complexity index is 259. The minimum atomic E-state index is -1.39. The Morgan fingerprint density at radius 1 is 1.18 bits per heavy atom. The summed E-state index contributed by atoms with van der Waals surface area (Å²) < 4.78 is 0. The monoisotopic (exact) mass is 248 g/mol. The van der Waals surface area contributed by atoms with Gasteiger partial charge in [0, 0.05) is 6.54 Å². The van der Waals surface area contributed by atoms with Gasteiger partial charge in [-0.3, -0.25) is 14.9 Å². The molecular weight excluding hydrogens is 228 g/mol. The maximum Gasteiger partial charge on any atom is 0.317 e. The van der Waals surface area contributed by atoms with E-state index in [0.29, 0.717) is 6.42 Å². The van der Waals surface area contributed by atoms with Crippen LogP contribution in [0.2, 0.25) is 0 Å². The van der Waals surface area contributed by atoms with Gasteiger partial charge in [0.05, 0.1) is 13.1 Å². The molecule has 0 amide bonds. The summed E-state index contributed by atoms with van der Waals surface area (Å²) in [6, 6.07) is 0. The van der Waals surface area contributed by atoms with Gasteiger partial charge in [0.15, 0.2) is 0 Å². The average molecular weight is 248 g/mol. The highest BCUT2D eigenvalue weighted by atomic mass is 16.4. The average Bonchev–Trinajstić information content (AvgIpc) is 2.23. The topological polar surface area (TPSA) is 119 Å². The third kappa shape index (κ3) is 8.61. The minimum Gasteiger partial charge on any atom is -0.480 e. The molecule has 0 spiro atoms. The van der Waals surface area contributed by atoms with E-state index in [2.05, 4.69) is 10.6 Å². The molecular formula is C10H20N2O5. The van der Waals surface area contributed by atoms with Crippen molar-refractivity contribution in [2.24, 2.45) is 0 Å². The third-order valence-electron chi connectivity index (χ3n) is 2.21. The van der Waals surface area contributed by atoms with Crippen molar-refractivity contribution in [1.29, 1.82) is 0 Å². The lowest BCUT2D eigenvalue weighted by Crippen LogP contribution is -2.54. The van der Waals surface area contributed by atoms with Crippen LogP contribution in [0.15, 0.2) is 0 Å². The molecule has 5 N–H and O–H groups in total. The fourth-order valence-corrected chi connectivity index (χ4v) is 1.32. The van der Waals surface area contributed by atoms with Crippen LogP contribution in [-0.2, 0) is 9.59 Å². The second kappa shape index (κ2) is 7.99. The van der Waals surface area contributed by atoms with Crippen molar-refractivity contribution in [2.45, 2.75) is 31.9 Å². The lowest BCUT2D eigenvalue weighted by molar-refractivity contribution is -0.139. The number of hydrogen-bond acceptors (Lipinski definition) is 5. The number of carboxylic acids is 2. The Balaban J connectivity index is 4.17. The molecule has 0 aromatic carbocycles. The first kappa shape index (κ1) is 15.8. The molecule has 1 atom stereocenters. The first-order valence-electron chi connectivity index (χ1n) is 5.51. The van der Waals surface area contributed by atoms with E-state index in [1.54, 1.807) is 0 Å². The summed E-state index contributed by atoms with van der Waals surface area (Å²) in [7, 11) is 0. The van der Waals surface area contributed by atoms with Crippen LogP contribution in [0.5, 0.6) is 0 Å². The summed E-state index contributed by atoms with van der Waals surface area (Å²) in [4.78, 5) is 20.7. The molecule has 0 saturated heterocycles. The van der Waals surface area contributed by atoms with Crippen molar-refractivity contribution in [2.75, 3.05) is 19.6 Å². The fraction of sp³-hybridized carbons (Fsp3) is 0.800. The fourth-order valence-electron chi connectivity index (χ4n) is 1.32. The summed E-state index contributed by atoms with van der Waals surface area (Å²) in [6.07, 6.45) is 1.94. The van der Waals surface area contributed by atoms with Crippen LogP contribution in [0.1, 0.15) is 26.2 Å². The Labute approximate surface area is 99.8 Å². The standard InChI is InChI=1S/C10H20N2O5/c1-2-3-4-10(17,12-6-9(15)16)7-11-5-8(13)14/h11-12,17H,2-7H2,1H3,(H,13,14)(H,15,16). The number of rotatable bonds is 10. The number of aliphatic carboxylic acids is 2. The summed E-state index contributed by atoms with van der Waals surface area (Å²) in [6.45, 7) is 1.30. The third-order valence-corrected chi connectivity index (χ3v) is 2.21. The predicted octanol–water partition coefficient (Wildman–Crippen LogP) is -0.786. The minimum absolute atomic E-state index is 0.00736. The molecule has 0 radical (unpaired) electrons. The molecule has 0 aliphatic carbocycles. The lowest BCUT2D eigenvalue weighted by atomic mass is 10.1. The predicted molar refractivity (Wildman–Crippen MR) is 60.6 cm³/mol. The van der Waals surface area contributed by atoms with Crippen LogP contribution in [0.4, 0.5) is 0 Å². The van der Waals surface area contributed by atoms with Gasteiger partial charge in [-0.1, -0.05) is 13.3 Å². The molecule has 0 aliphatic rings. The van der Waals surface area contributed by atoms with Crippen molar-refractivity contribution in [3.8, 4) is 0 Å². The van der Waals surface area contributed by atoms with Crippen molar-refractivity contribution in [1.82, 2.24) is 10.6 Å². The maximum absolute atomic E-state index is 10.4. The number of carboxylic acid groups (broad SMARTS) is 2. The molecule has 7 nitrogen and oxygen atoms in total. The molecule has 0 saturated carbocycles. The maximum atomic E-state index is 10.4. The Morgan fingerprint density at radius 2 is 1.76 bits per heavy atom. The van der Waals surface area contributed by atoms with Crippen LogP contribution < -0.4 is 10.6 Å². The van der Waals surface area contributed by atoms with Crippen molar-refractivity contribution < 1.29 is 24.9 Å². The summed E-state index contributed by atoms with van der Waals surface area (Å²) in [5.41, 5.74) is -1.39. The van der Waals surface area contributed by atoms with Crippen LogP contribution in [-0.4, -0.2) is 52.6 Å². The summed E-state index contributed by atoms with van der Waals surface area (Å²) >= 11 is 0. The highest BCUT2D eigenvalue weighted by Gasteiger charge is 2.26. The zero-order valence-corrected chi connectivity index (χ0v) is 9.90. The van der Waals surface area contributed by atoms with E-state index in [-0.39, 0.29) is 19.6 Å². The van der Waals surface area contributed by atoms with Crippen molar-refractivity contribution in [3.05, 3.63) is 0 Å². The first-order valence-corrected chi connectivity index (χ1v) is 5.51. The highest BCUT2D eigenvalue weighted by Crippen LogP contribution is 2.09. The van der Waals surface area contributed by atoms with Crippen LogP contribution >= 0.6 is 0 Å². The molecule has 0 rings (SSSR count). The van der Waals surface area contributed by atoms with Crippen LogP contribution in [0.3, 0.4) is 0 Å². The first-order chi connectivity index (χ1) is 7.89. The molecule has 17 heavy (non-hydrogen) atoms. The van der Waals surface area contributed by atoms with E-state index in [4.69, 9.17) is 10.2 Å². The molecule has 1 unspecified atom stereocenters. The van der Waals surface area contributed by atoms with E-state index < -0.39 is 17.7 Å². The normalized spacial score (nSPS) is 14.2. The largest absolute Gasteiger partial charge is 0.480 e. The number of aliphatic hydroxyl groups is 1. The molecule has 7 heteroatoms. The van der Waals surface area contributed by atoms with E-state index in [0.717, 1.165) is 12.8 Å². The summed E-state index contributed by atoms with van der Waals surface area (Å²) in [5.74, 6) is -2.10. The van der Waals surface area contributed by atoms with Gasteiger partial charge in [0.1, 0.15) is 5.72 Å². The SMILES string of the molecule is CCCCC(O)(CNCC(=O)O)NCC(=O)O. The number of hydrogen-bond donors (Lipinski definition) is 5. The Kier molecular flexibility index (Phi) is 7.44. The van der Waals surface area contributed by atoms with E-state index in [9.17, 15) is 14.7 Å². The van der Waals surface area contributed by atoms with E-state index >= 15 is 0 Å².